The number of nitrogens with two attached hydrogens (primary N) is 1. The standard InChI is InChI=1S/C27H35N5O4S/c1-2-36-18-24-30-25-26(32(24)13-4-3-11-31-12-6-14-37(31,34)35)22-10-9-21(16-23(22)29-27(25)28)20-8-5-7-19(15-20)17-33/h5,7-10,15-16,33-35H,2-4,6,11-14,17-18H2,1H3,(H2,28,29). The van der Waals surface area contributed by atoms with Gasteiger partial charge in [-0.3, -0.25) is 9.11 Å². The highest BCUT2D eigenvalue weighted by atomic mass is 32.3. The molecule has 1 fully saturated rings. The first kappa shape index (κ1) is 25.9. The number of unbranched alkanes of at least 4 members (excludes halogenated alkanes) is 1. The summed E-state index contributed by atoms with van der Waals surface area (Å²) in [6.45, 7) is 5.03. The van der Waals surface area contributed by atoms with Crippen molar-refractivity contribution in [2.45, 2.75) is 45.9 Å². The number of nitrogens with zero attached hydrogens (tertiary/aromatic N) is 4. The largest absolute Gasteiger partial charge is 0.392 e. The van der Waals surface area contributed by atoms with E-state index in [0.29, 0.717) is 43.4 Å². The van der Waals surface area contributed by atoms with Crippen molar-refractivity contribution in [1.29, 1.82) is 0 Å². The maximum Gasteiger partial charge on any atom is 0.152 e. The quantitative estimate of drug-likeness (QED) is 0.213. The van der Waals surface area contributed by atoms with E-state index in [1.165, 1.54) is 0 Å². The number of benzene rings is 2. The second kappa shape index (κ2) is 10.9. The molecule has 10 heteroatoms. The number of fused-ring (bicyclic) bond motifs is 3. The minimum absolute atomic E-state index is 0.00823. The van der Waals surface area contributed by atoms with Crippen molar-refractivity contribution >= 4 is 38.5 Å². The Morgan fingerprint density at radius 1 is 1.05 bits per heavy atom. The molecule has 1 aliphatic heterocycles. The predicted octanol–water partition coefficient (Wildman–Crippen LogP) is 5.01. The van der Waals surface area contributed by atoms with Crippen molar-refractivity contribution < 1.29 is 18.9 Å². The lowest BCUT2D eigenvalue weighted by molar-refractivity contribution is 0.126. The molecule has 5 N–H and O–H groups in total. The van der Waals surface area contributed by atoms with Crippen LogP contribution in [0.5, 0.6) is 0 Å². The molecule has 0 bridgehead atoms. The molecule has 0 saturated carbocycles. The van der Waals surface area contributed by atoms with E-state index in [1.54, 1.807) is 0 Å². The average molecular weight is 526 g/mol. The van der Waals surface area contributed by atoms with Crippen LogP contribution in [0.25, 0.3) is 33.1 Å². The maximum absolute atomic E-state index is 10.2. The van der Waals surface area contributed by atoms with Gasteiger partial charge in [0.05, 0.1) is 23.4 Å². The highest BCUT2D eigenvalue weighted by Gasteiger charge is 2.28. The number of hydrogen-bond donors (Lipinski definition) is 4. The predicted molar refractivity (Wildman–Crippen MR) is 149 cm³/mol. The number of ether oxygens (including phenoxy) is 1. The third kappa shape index (κ3) is 5.31. The number of aliphatic hydroxyl groups is 1. The summed E-state index contributed by atoms with van der Waals surface area (Å²) in [6, 6.07) is 14.0. The molecule has 0 atom stereocenters. The van der Waals surface area contributed by atoms with Gasteiger partial charge in [-0.25, -0.2) is 14.3 Å². The molecule has 3 heterocycles. The Morgan fingerprint density at radius 3 is 2.62 bits per heavy atom. The number of hydrogen-bond acceptors (Lipinski definition) is 8. The van der Waals surface area contributed by atoms with E-state index in [2.05, 4.69) is 21.7 Å². The molecule has 5 rings (SSSR count). The number of aliphatic hydroxyl groups excluding tert-OH is 1. The smallest absolute Gasteiger partial charge is 0.152 e. The Labute approximate surface area is 218 Å². The molecular weight excluding hydrogens is 490 g/mol. The molecule has 2 aromatic heterocycles. The molecular formula is C27H35N5O4S. The maximum atomic E-state index is 10.2. The van der Waals surface area contributed by atoms with Crippen LogP contribution >= 0.6 is 10.8 Å². The molecule has 198 valence electrons. The zero-order chi connectivity index (χ0) is 26.0. The fourth-order valence-electron chi connectivity index (χ4n) is 5.06. The topological polar surface area (TPSA) is 130 Å². The summed E-state index contributed by atoms with van der Waals surface area (Å²) in [6.07, 6.45) is 2.53. The normalized spacial score (nSPS) is 16.6. The third-order valence-corrected chi connectivity index (χ3v) is 8.97. The Morgan fingerprint density at radius 2 is 1.86 bits per heavy atom. The first-order chi connectivity index (χ1) is 17.9. The molecule has 1 aliphatic rings. The fraction of sp³-hybridized carbons (Fsp3) is 0.407. The van der Waals surface area contributed by atoms with Crippen molar-refractivity contribution in [3.63, 3.8) is 0 Å². The van der Waals surface area contributed by atoms with E-state index in [9.17, 15) is 14.2 Å². The number of imidazole rings is 1. The number of rotatable bonds is 10. The SMILES string of the molecule is CCOCc1nc2c(N)nc3cc(-c4cccc(CO)c4)ccc3c2n1CCCCN1CCCS1(O)O. The number of pyridine rings is 1. The first-order valence-electron chi connectivity index (χ1n) is 12.8. The van der Waals surface area contributed by atoms with Crippen molar-refractivity contribution in [2.75, 3.05) is 31.2 Å². The van der Waals surface area contributed by atoms with Gasteiger partial charge in [-0.2, -0.15) is 0 Å². The first-order valence-corrected chi connectivity index (χ1v) is 14.5. The summed E-state index contributed by atoms with van der Waals surface area (Å²) in [5.41, 5.74) is 11.7. The summed E-state index contributed by atoms with van der Waals surface area (Å²) in [5.74, 6) is 1.66. The van der Waals surface area contributed by atoms with Crippen LogP contribution in [0.4, 0.5) is 5.82 Å². The van der Waals surface area contributed by atoms with Gasteiger partial charge in [0.15, 0.2) is 5.82 Å². The lowest BCUT2D eigenvalue weighted by Gasteiger charge is -2.36. The minimum Gasteiger partial charge on any atom is -0.392 e. The average Bonchev–Trinajstić information content (AvgIpc) is 3.44. The molecule has 2 aromatic carbocycles. The zero-order valence-electron chi connectivity index (χ0n) is 21.1. The monoisotopic (exact) mass is 525 g/mol. The highest BCUT2D eigenvalue weighted by Crippen LogP contribution is 2.48. The summed E-state index contributed by atoms with van der Waals surface area (Å²) in [4.78, 5) is 9.50. The van der Waals surface area contributed by atoms with Crippen LogP contribution in [0.2, 0.25) is 0 Å². The van der Waals surface area contributed by atoms with Gasteiger partial charge < -0.3 is 20.1 Å². The van der Waals surface area contributed by atoms with Crippen molar-refractivity contribution in [1.82, 2.24) is 18.8 Å². The summed E-state index contributed by atoms with van der Waals surface area (Å²) >= 11 is 0. The molecule has 0 unspecified atom stereocenters. The molecule has 9 nitrogen and oxygen atoms in total. The van der Waals surface area contributed by atoms with Gasteiger partial charge in [0, 0.05) is 31.6 Å². The van der Waals surface area contributed by atoms with Crippen molar-refractivity contribution in [3.8, 4) is 11.1 Å². The molecule has 0 radical (unpaired) electrons. The molecule has 4 aromatic rings. The van der Waals surface area contributed by atoms with Gasteiger partial charge in [0.25, 0.3) is 0 Å². The van der Waals surface area contributed by atoms with Gasteiger partial charge >= 0.3 is 0 Å². The van der Waals surface area contributed by atoms with E-state index in [-0.39, 0.29) is 6.61 Å². The third-order valence-electron chi connectivity index (χ3n) is 6.94. The zero-order valence-corrected chi connectivity index (χ0v) is 22.0. The van der Waals surface area contributed by atoms with Gasteiger partial charge in [0.2, 0.25) is 0 Å². The number of aryl methyl sites for hydroxylation is 1. The molecule has 0 spiro atoms. The molecule has 0 aliphatic carbocycles. The number of nitrogen functional groups attached to an aromatic ring is 1. The van der Waals surface area contributed by atoms with Crippen LogP contribution in [-0.4, -0.2) is 58.5 Å². The van der Waals surface area contributed by atoms with E-state index < -0.39 is 10.8 Å². The highest BCUT2D eigenvalue weighted by molar-refractivity contribution is 8.22. The van der Waals surface area contributed by atoms with Crippen LogP contribution < -0.4 is 5.73 Å². The summed E-state index contributed by atoms with van der Waals surface area (Å²) in [5, 5.41) is 10.5. The van der Waals surface area contributed by atoms with Crippen molar-refractivity contribution in [3.05, 3.63) is 53.9 Å². The van der Waals surface area contributed by atoms with Gasteiger partial charge in [-0.1, -0.05) is 30.3 Å². The van der Waals surface area contributed by atoms with E-state index in [1.807, 2.05) is 41.6 Å². The van der Waals surface area contributed by atoms with Gasteiger partial charge in [0.1, 0.15) is 17.9 Å². The second-order valence-corrected chi connectivity index (χ2v) is 11.6. The Hall–Kier alpha value is -2.73. The second-order valence-electron chi connectivity index (χ2n) is 9.43. The Balaban J connectivity index is 1.49. The molecule has 1 saturated heterocycles. The van der Waals surface area contributed by atoms with Crippen LogP contribution in [0.15, 0.2) is 42.5 Å². The van der Waals surface area contributed by atoms with Gasteiger partial charge in [-0.15, -0.1) is 10.8 Å². The van der Waals surface area contributed by atoms with Gasteiger partial charge in [-0.05, 0) is 55.0 Å². The molecule has 37 heavy (non-hydrogen) atoms. The van der Waals surface area contributed by atoms with E-state index in [4.69, 9.17) is 15.5 Å². The van der Waals surface area contributed by atoms with E-state index in [0.717, 1.165) is 64.7 Å². The number of aromatic nitrogens is 3. The Kier molecular flexibility index (Phi) is 7.66. The van der Waals surface area contributed by atoms with Crippen LogP contribution in [0.3, 0.4) is 0 Å². The minimum atomic E-state index is -2.59. The van der Waals surface area contributed by atoms with E-state index >= 15 is 0 Å². The number of anilines is 1. The lowest BCUT2D eigenvalue weighted by atomic mass is 10.0. The lowest BCUT2D eigenvalue weighted by Crippen LogP contribution is -2.24. The van der Waals surface area contributed by atoms with Crippen molar-refractivity contribution in [2.24, 2.45) is 0 Å². The summed E-state index contributed by atoms with van der Waals surface area (Å²) in [7, 11) is -2.59. The summed E-state index contributed by atoms with van der Waals surface area (Å²) < 4.78 is 30.1. The molecule has 0 amide bonds. The fourth-order valence-corrected chi connectivity index (χ4v) is 6.67. The van der Waals surface area contributed by atoms with Crippen LogP contribution in [-0.2, 0) is 24.5 Å². The Bertz CT molecular complexity index is 1410. The van der Waals surface area contributed by atoms with Crippen LogP contribution in [0.1, 0.15) is 37.6 Å². The van der Waals surface area contributed by atoms with Crippen LogP contribution in [0, 0.1) is 0 Å².